The molecule has 7 nitrogen and oxygen atoms in total. The highest BCUT2D eigenvalue weighted by atomic mass is 35.5. The van der Waals surface area contributed by atoms with Gasteiger partial charge < -0.3 is 10.2 Å². The van der Waals surface area contributed by atoms with Gasteiger partial charge in [0.2, 0.25) is 11.8 Å². The second-order valence-electron chi connectivity index (χ2n) is 9.76. The molecule has 42 heavy (non-hydrogen) atoms. The van der Waals surface area contributed by atoms with Crippen LogP contribution in [0.25, 0.3) is 0 Å². The molecule has 226 valence electrons. The van der Waals surface area contributed by atoms with E-state index >= 15 is 0 Å². The molecule has 0 saturated carbocycles. The number of halogens is 4. The Balaban J connectivity index is 2.07. The van der Waals surface area contributed by atoms with Crippen molar-refractivity contribution in [2.45, 2.75) is 57.5 Å². The molecule has 0 aliphatic heterocycles. The van der Waals surface area contributed by atoms with Gasteiger partial charge in [-0.15, -0.1) is 0 Å². The molecule has 0 aliphatic rings. The Bertz CT molecular complexity index is 1520. The predicted octanol–water partition coefficient (Wildman–Crippen LogP) is 7.53. The third kappa shape index (κ3) is 8.54. The van der Waals surface area contributed by atoms with E-state index in [-0.39, 0.29) is 33.1 Å². The summed E-state index contributed by atoms with van der Waals surface area (Å²) < 4.78 is 28.9. The Hall–Kier alpha value is -2.49. The molecule has 0 radical (unpaired) electrons. The van der Waals surface area contributed by atoms with Crippen LogP contribution in [-0.2, 0) is 26.2 Å². The number of anilines is 1. The van der Waals surface area contributed by atoms with Gasteiger partial charge in [-0.05, 0) is 67.8 Å². The van der Waals surface area contributed by atoms with E-state index in [0.717, 1.165) is 22.7 Å². The first kappa shape index (κ1) is 34.0. The Morgan fingerprint density at radius 1 is 0.857 bits per heavy atom. The van der Waals surface area contributed by atoms with Gasteiger partial charge in [0.25, 0.3) is 10.0 Å². The van der Waals surface area contributed by atoms with Gasteiger partial charge in [0.05, 0.1) is 30.7 Å². The molecule has 1 atom stereocenters. The zero-order valence-electron chi connectivity index (χ0n) is 23.5. The van der Waals surface area contributed by atoms with Crippen molar-refractivity contribution in [3.05, 3.63) is 91.9 Å². The molecule has 0 spiro atoms. The minimum Gasteiger partial charge on any atom is -0.354 e. The van der Waals surface area contributed by atoms with Crippen LogP contribution in [0.15, 0.2) is 65.6 Å². The number of unbranched alkanes of at least 4 members (excludes halogenated alkanes) is 1. The number of aryl methyl sites for hydroxylation is 1. The summed E-state index contributed by atoms with van der Waals surface area (Å²) in [5, 5.41) is 3.89. The standard InChI is InChI=1S/C30H33Cl4N3O4S/c1-4-6-15-35-30(39)28(5-2)36(18-21-9-13-24(31)26(33)16-21)29(38)19-37(22-10-14-25(32)27(34)17-22)42(40,41)23-11-7-20(3)8-12-23/h7-14,16-17,28H,4-6,15,18-19H2,1-3H3,(H,35,39). The maximum Gasteiger partial charge on any atom is 0.264 e. The van der Waals surface area contributed by atoms with Crippen LogP contribution in [0.1, 0.15) is 44.2 Å². The lowest BCUT2D eigenvalue weighted by Gasteiger charge is -2.33. The zero-order chi connectivity index (χ0) is 31.0. The van der Waals surface area contributed by atoms with Crippen molar-refractivity contribution >= 4 is 73.9 Å². The van der Waals surface area contributed by atoms with Gasteiger partial charge >= 0.3 is 0 Å². The minimum absolute atomic E-state index is 0.00474. The number of amides is 2. The fourth-order valence-electron chi connectivity index (χ4n) is 4.27. The smallest absolute Gasteiger partial charge is 0.264 e. The monoisotopic (exact) mass is 671 g/mol. The Kier molecular flexibility index (Phi) is 12.4. The molecule has 12 heteroatoms. The van der Waals surface area contributed by atoms with Crippen molar-refractivity contribution in [2.75, 3.05) is 17.4 Å². The van der Waals surface area contributed by atoms with E-state index in [1.807, 2.05) is 13.8 Å². The lowest BCUT2D eigenvalue weighted by molar-refractivity contribution is -0.140. The maximum atomic E-state index is 14.1. The van der Waals surface area contributed by atoms with Crippen LogP contribution >= 0.6 is 46.4 Å². The molecular weight excluding hydrogens is 640 g/mol. The third-order valence-electron chi connectivity index (χ3n) is 6.63. The highest BCUT2D eigenvalue weighted by Crippen LogP contribution is 2.31. The normalized spacial score (nSPS) is 12.1. The second kappa shape index (κ2) is 15.3. The first-order valence-corrected chi connectivity index (χ1v) is 16.4. The summed E-state index contributed by atoms with van der Waals surface area (Å²) in [5.74, 6) is -0.929. The Labute approximate surface area is 267 Å². The van der Waals surface area contributed by atoms with Gasteiger partial charge in [0, 0.05) is 13.1 Å². The topological polar surface area (TPSA) is 86.8 Å². The number of nitrogens with zero attached hydrogens (tertiary/aromatic N) is 2. The van der Waals surface area contributed by atoms with Crippen molar-refractivity contribution < 1.29 is 18.0 Å². The lowest BCUT2D eigenvalue weighted by Crippen LogP contribution is -2.52. The number of rotatable bonds is 13. The van der Waals surface area contributed by atoms with Crippen LogP contribution in [0.4, 0.5) is 5.69 Å². The highest BCUT2D eigenvalue weighted by molar-refractivity contribution is 7.92. The summed E-state index contributed by atoms with van der Waals surface area (Å²) in [6.07, 6.45) is 1.96. The Morgan fingerprint density at radius 2 is 1.48 bits per heavy atom. The van der Waals surface area contributed by atoms with Crippen LogP contribution < -0.4 is 9.62 Å². The van der Waals surface area contributed by atoms with Crippen molar-refractivity contribution in [2.24, 2.45) is 0 Å². The number of benzene rings is 3. The molecule has 2 amide bonds. The zero-order valence-corrected chi connectivity index (χ0v) is 27.4. The molecule has 3 aromatic carbocycles. The first-order chi connectivity index (χ1) is 19.9. The van der Waals surface area contributed by atoms with Gasteiger partial charge in [-0.1, -0.05) is 90.4 Å². The number of nitrogens with one attached hydrogen (secondary N) is 1. The van der Waals surface area contributed by atoms with Crippen LogP contribution in [0.2, 0.25) is 20.1 Å². The Morgan fingerprint density at radius 3 is 2.05 bits per heavy atom. The fourth-order valence-corrected chi connectivity index (χ4v) is 6.29. The summed E-state index contributed by atoms with van der Waals surface area (Å²) in [6, 6.07) is 14.7. The SMILES string of the molecule is CCCCNC(=O)C(CC)N(Cc1ccc(Cl)c(Cl)c1)C(=O)CN(c1ccc(Cl)c(Cl)c1)S(=O)(=O)c1ccc(C)cc1. The number of hydrogen-bond acceptors (Lipinski definition) is 4. The number of carbonyl (C=O) groups excluding carboxylic acids is 2. The average molecular weight is 673 g/mol. The van der Waals surface area contributed by atoms with Gasteiger partial charge in [-0.3, -0.25) is 13.9 Å². The molecule has 0 aliphatic carbocycles. The average Bonchev–Trinajstić information content (AvgIpc) is 2.95. The summed E-state index contributed by atoms with van der Waals surface area (Å²) in [7, 11) is -4.24. The maximum absolute atomic E-state index is 14.1. The fraction of sp³-hybridized carbons (Fsp3) is 0.333. The van der Waals surface area contributed by atoms with Gasteiger partial charge in [-0.2, -0.15) is 0 Å². The van der Waals surface area contributed by atoms with E-state index < -0.39 is 28.5 Å². The molecule has 3 aromatic rings. The molecular formula is C30H33Cl4N3O4S. The molecule has 0 saturated heterocycles. The molecule has 0 bridgehead atoms. The van der Waals surface area contributed by atoms with Crippen LogP contribution in [0, 0.1) is 6.92 Å². The summed E-state index contributed by atoms with van der Waals surface area (Å²) in [4.78, 5) is 28.8. The third-order valence-corrected chi connectivity index (χ3v) is 9.90. The predicted molar refractivity (Wildman–Crippen MR) is 171 cm³/mol. The number of sulfonamides is 1. The molecule has 0 fully saturated rings. The van der Waals surface area contributed by atoms with Crippen molar-refractivity contribution in [3.63, 3.8) is 0 Å². The summed E-state index contributed by atoms with van der Waals surface area (Å²) in [6.45, 7) is 5.49. The van der Waals surface area contributed by atoms with Gasteiger partial charge in [0.15, 0.2) is 0 Å². The van der Waals surface area contributed by atoms with E-state index in [9.17, 15) is 18.0 Å². The molecule has 0 heterocycles. The quantitative estimate of drug-likeness (QED) is 0.190. The van der Waals surface area contributed by atoms with Crippen LogP contribution in [0.5, 0.6) is 0 Å². The van der Waals surface area contributed by atoms with Crippen molar-refractivity contribution in [1.29, 1.82) is 0 Å². The van der Waals surface area contributed by atoms with Crippen molar-refractivity contribution in [3.8, 4) is 0 Å². The summed E-state index contributed by atoms with van der Waals surface area (Å²) >= 11 is 24.7. The van der Waals surface area contributed by atoms with Gasteiger partial charge in [0.1, 0.15) is 12.6 Å². The largest absolute Gasteiger partial charge is 0.354 e. The minimum atomic E-state index is -4.24. The van der Waals surface area contributed by atoms with E-state index in [0.29, 0.717) is 28.6 Å². The lowest BCUT2D eigenvalue weighted by atomic mass is 10.1. The summed E-state index contributed by atoms with van der Waals surface area (Å²) in [5.41, 5.74) is 1.65. The van der Waals surface area contributed by atoms with E-state index in [4.69, 9.17) is 46.4 Å². The first-order valence-electron chi connectivity index (χ1n) is 13.4. The van der Waals surface area contributed by atoms with Crippen molar-refractivity contribution in [1.82, 2.24) is 10.2 Å². The van der Waals surface area contributed by atoms with E-state index in [1.165, 1.54) is 35.2 Å². The molecule has 1 unspecified atom stereocenters. The van der Waals surface area contributed by atoms with Crippen LogP contribution in [-0.4, -0.2) is 44.3 Å². The van der Waals surface area contributed by atoms with E-state index in [2.05, 4.69) is 5.32 Å². The van der Waals surface area contributed by atoms with Crippen LogP contribution in [0.3, 0.4) is 0 Å². The molecule has 1 N–H and O–H groups in total. The van der Waals surface area contributed by atoms with Gasteiger partial charge in [-0.25, -0.2) is 8.42 Å². The molecule has 0 aromatic heterocycles. The highest BCUT2D eigenvalue weighted by Gasteiger charge is 2.34. The second-order valence-corrected chi connectivity index (χ2v) is 13.3. The number of carbonyl (C=O) groups is 2. The van der Waals surface area contributed by atoms with E-state index in [1.54, 1.807) is 37.3 Å². The molecule has 3 rings (SSSR count). The number of hydrogen-bond donors (Lipinski definition) is 1.